The number of rotatable bonds is 5. The fraction of sp³-hybridized carbons (Fsp3) is 0.0682. The van der Waals surface area contributed by atoms with E-state index in [2.05, 4.69) is 129 Å². The van der Waals surface area contributed by atoms with Crippen LogP contribution in [0.5, 0.6) is 11.5 Å². The lowest BCUT2D eigenvalue weighted by atomic mass is 9.74. The Morgan fingerprint density at radius 1 is 0.500 bits per heavy atom. The summed E-state index contributed by atoms with van der Waals surface area (Å²) in [6, 6.07) is 53.9. The van der Waals surface area contributed by atoms with Crippen LogP contribution < -0.4 is 4.74 Å². The fourth-order valence-corrected chi connectivity index (χ4v) is 6.61. The van der Waals surface area contributed by atoms with E-state index in [0.717, 1.165) is 73.0 Å². The second kappa shape index (κ2) is 11.8. The number of ether oxygens (including phenoxy) is 1. The van der Waals surface area contributed by atoms with Crippen molar-refractivity contribution in [2.75, 3.05) is 0 Å². The van der Waals surface area contributed by atoms with Crippen LogP contribution in [0, 0.1) is 11.3 Å². The average Bonchev–Trinajstić information content (AvgIpc) is 3.15. The van der Waals surface area contributed by atoms with Crippen LogP contribution in [0.2, 0.25) is 0 Å². The lowest BCUT2D eigenvalue weighted by Crippen LogP contribution is -2.24. The summed E-state index contributed by atoms with van der Waals surface area (Å²) in [6.45, 7) is 4.38. The van der Waals surface area contributed by atoms with Crippen LogP contribution in [-0.4, -0.2) is 9.97 Å². The summed E-state index contributed by atoms with van der Waals surface area (Å²) < 4.78 is 6.32. The van der Waals surface area contributed by atoms with Crippen LogP contribution in [0.15, 0.2) is 152 Å². The van der Waals surface area contributed by atoms with Crippen LogP contribution in [0.1, 0.15) is 30.5 Å². The Bertz CT molecular complexity index is 2350. The molecule has 48 heavy (non-hydrogen) atoms. The zero-order valence-corrected chi connectivity index (χ0v) is 26.7. The minimum absolute atomic E-state index is 0.346. The maximum Gasteiger partial charge on any atom is 0.160 e. The van der Waals surface area contributed by atoms with Gasteiger partial charge in [0, 0.05) is 33.2 Å². The van der Waals surface area contributed by atoms with Crippen molar-refractivity contribution in [2.45, 2.75) is 19.3 Å². The van der Waals surface area contributed by atoms with Crippen molar-refractivity contribution >= 4 is 0 Å². The smallest absolute Gasteiger partial charge is 0.160 e. The SMILES string of the molecule is CC1(C)c2cc(C#N)ccc2Oc2ccc(-c3cccc(-c4cc(-c5ccccc5-c5ccccc5)nc(-c5ccccc5)n4)c3)cc21. The molecule has 0 aliphatic carbocycles. The monoisotopic (exact) mass is 617 g/mol. The largest absolute Gasteiger partial charge is 0.457 e. The van der Waals surface area contributed by atoms with E-state index in [1.807, 2.05) is 42.5 Å². The Balaban J connectivity index is 1.24. The lowest BCUT2D eigenvalue weighted by Gasteiger charge is -2.35. The molecule has 7 aromatic rings. The molecule has 0 fully saturated rings. The van der Waals surface area contributed by atoms with E-state index >= 15 is 0 Å². The Hall–Kier alpha value is -6.31. The van der Waals surface area contributed by atoms with Gasteiger partial charge in [0.2, 0.25) is 0 Å². The minimum Gasteiger partial charge on any atom is -0.457 e. The van der Waals surface area contributed by atoms with Crippen LogP contribution in [0.25, 0.3) is 56.2 Å². The van der Waals surface area contributed by atoms with Gasteiger partial charge in [-0.1, -0.05) is 123 Å². The molecule has 0 unspecified atom stereocenters. The van der Waals surface area contributed by atoms with Gasteiger partial charge in [0.15, 0.2) is 5.82 Å². The number of nitrogens with zero attached hydrogens (tertiary/aromatic N) is 3. The van der Waals surface area contributed by atoms with Crippen molar-refractivity contribution in [1.82, 2.24) is 9.97 Å². The molecule has 1 aliphatic rings. The molecule has 8 rings (SSSR count). The Labute approximate surface area is 280 Å². The van der Waals surface area contributed by atoms with Crippen LogP contribution >= 0.6 is 0 Å². The molecule has 228 valence electrons. The van der Waals surface area contributed by atoms with Crippen molar-refractivity contribution in [2.24, 2.45) is 0 Å². The van der Waals surface area contributed by atoms with E-state index in [4.69, 9.17) is 14.7 Å². The first-order valence-corrected chi connectivity index (χ1v) is 16.0. The zero-order chi connectivity index (χ0) is 32.7. The van der Waals surface area contributed by atoms with Gasteiger partial charge in [-0.05, 0) is 64.7 Å². The molecule has 0 radical (unpaired) electrons. The Morgan fingerprint density at radius 3 is 1.83 bits per heavy atom. The molecular formula is C44H31N3O. The molecule has 0 saturated heterocycles. The molecule has 0 spiro atoms. The number of fused-ring (bicyclic) bond motifs is 2. The van der Waals surface area contributed by atoms with Gasteiger partial charge in [-0.15, -0.1) is 0 Å². The van der Waals surface area contributed by atoms with Gasteiger partial charge in [-0.2, -0.15) is 5.26 Å². The second-order valence-corrected chi connectivity index (χ2v) is 12.6. The van der Waals surface area contributed by atoms with E-state index in [-0.39, 0.29) is 5.41 Å². The van der Waals surface area contributed by atoms with Crippen molar-refractivity contribution < 1.29 is 4.74 Å². The van der Waals surface area contributed by atoms with E-state index in [0.29, 0.717) is 11.4 Å². The van der Waals surface area contributed by atoms with Crippen molar-refractivity contribution in [1.29, 1.82) is 5.26 Å². The van der Waals surface area contributed by atoms with Crippen molar-refractivity contribution in [3.8, 4) is 73.7 Å². The number of benzene rings is 6. The summed E-state index contributed by atoms with van der Waals surface area (Å²) in [7, 11) is 0. The van der Waals surface area contributed by atoms with E-state index in [1.165, 1.54) is 0 Å². The van der Waals surface area contributed by atoms with Gasteiger partial charge in [0.1, 0.15) is 11.5 Å². The standard InChI is InChI=1S/C44H31N3O/c1-44(2)37-24-29(28-45)20-22-41(37)48-42-23-21-33(26-38(42)44)32-16-11-17-34(25-32)39-27-40(47-43(46-39)31-14-7-4-8-15-31)36-19-10-9-18-35(36)30-12-5-3-6-13-30/h3-27H,1-2H3. The maximum atomic E-state index is 9.55. The quantitative estimate of drug-likeness (QED) is 0.193. The van der Waals surface area contributed by atoms with Gasteiger partial charge in [0.05, 0.1) is 23.0 Å². The number of nitriles is 1. The van der Waals surface area contributed by atoms with Crippen LogP contribution in [-0.2, 0) is 5.41 Å². The highest BCUT2D eigenvalue weighted by Crippen LogP contribution is 2.49. The zero-order valence-electron chi connectivity index (χ0n) is 26.7. The van der Waals surface area contributed by atoms with Gasteiger partial charge < -0.3 is 4.74 Å². The topological polar surface area (TPSA) is 58.8 Å². The third kappa shape index (κ3) is 5.22. The third-order valence-corrected chi connectivity index (χ3v) is 9.19. The highest BCUT2D eigenvalue weighted by Gasteiger charge is 2.34. The summed E-state index contributed by atoms with van der Waals surface area (Å²) in [5, 5.41) is 9.55. The minimum atomic E-state index is -0.346. The predicted molar refractivity (Wildman–Crippen MR) is 193 cm³/mol. The Morgan fingerprint density at radius 2 is 1.08 bits per heavy atom. The van der Waals surface area contributed by atoms with Gasteiger partial charge >= 0.3 is 0 Å². The molecule has 0 saturated carbocycles. The first kappa shape index (κ1) is 29.1. The molecule has 4 nitrogen and oxygen atoms in total. The molecule has 2 heterocycles. The first-order chi connectivity index (χ1) is 23.5. The summed E-state index contributed by atoms with van der Waals surface area (Å²) in [5.74, 6) is 2.31. The fourth-order valence-electron chi connectivity index (χ4n) is 6.61. The van der Waals surface area contributed by atoms with E-state index in [9.17, 15) is 5.26 Å². The molecular weight excluding hydrogens is 587 g/mol. The summed E-state index contributed by atoms with van der Waals surface area (Å²) in [5.41, 5.74) is 11.5. The molecule has 0 amide bonds. The first-order valence-electron chi connectivity index (χ1n) is 16.0. The molecule has 4 heteroatoms. The van der Waals surface area contributed by atoms with Gasteiger partial charge in [-0.3, -0.25) is 0 Å². The van der Waals surface area contributed by atoms with Crippen molar-refractivity contribution in [3.05, 3.63) is 168 Å². The van der Waals surface area contributed by atoms with Gasteiger partial charge in [0.25, 0.3) is 0 Å². The molecule has 1 aromatic heterocycles. The normalized spacial score (nSPS) is 12.7. The van der Waals surface area contributed by atoms with E-state index < -0.39 is 0 Å². The maximum absolute atomic E-state index is 9.55. The predicted octanol–water partition coefficient (Wildman–Crippen LogP) is 11.1. The van der Waals surface area contributed by atoms with Crippen LogP contribution in [0.4, 0.5) is 0 Å². The van der Waals surface area contributed by atoms with E-state index in [1.54, 1.807) is 0 Å². The number of hydrogen-bond acceptors (Lipinski definition) is 4. The molecule has 0 atom stereocenters. The summed E-state index contributed by atoms with van der Waals surface area (Å²) in [4.78, 5) is 10.2. The number of aromatic nitrogens is 2. The summed E-state index contributed by atoms with van der Waals surface area (Å²) in [6.07, 6.45) is 0. The van der Waals surface area contributed by atoms with Crippen LogP contribution in [0.3, 0.4) is 0 Å². The molecule has 0 N–H and O–H groups in total. The molecule has 0 bridgehead atoms. The highest BCUT2D eigenvalue weighted by atomic mass is 16.5. The second-order valence-electron chi connectivity index (χ2n) is 12.6. The highest BCUT2D eigenvalue weighted by molar-refractivity contribution is 5.84. The average molecular weight is 618 g/mol. The lowest BCUT2D eigenvalue weighted by molar-refractivity contribution is 0.418. The molecule has 1 aliphatic heterocycles. The van der Waals surface area contributed by atoms with Crippen molar-refractivity contribution in [3.63, 3.8) is 0 Å². The third-order valence-electron chi connectivity index (χ3n) is 9.19. The summed E-state index contributed by atoms with van der Waals surface area (Å²) >= 11 is 0. The Kier molecular flexibility index (Phi) is 7.16. The molecule has 6 aromatic carbocycles. The van der Waals surface area contributed by atoms with Gasteiger partial charge in [-0.25, -0.2) is 9.97 Å². The number of hydrogen-bond donors (Lipinski definition) is 0.